The van der Waals surface area contributed by atoms with Crippen LogP contribution in [0.1, 0.15) is 34.1 Å². The SMILES string of the molecule is Cc1ccc(NC(=O)[C@@H]2[C@@H](C(=O)[O-])[C@@H](c3ccccc3)C=C[C@H]2c2ccccc2)cc1C. The van der Waals surface area contributed by atoms with Crippen LogP contribution < -0.4 is 10.4 Å². The maximum absolute atomic E-state index is 13.6. The number of hydrogen-bond donors (Lipinski definition) is 1. The zero-order valence-corrected chi connectivity index (χ0v) is 18.2. The molecule has 0 radical (unpaired) electrons. The maximum atomic E-state index is 13.6. The Bertz CT molecular complexity index is 1140. The van der Waals surface area contributed by atoms with Crippen molar-refractivity contribution in [3.8, 4) is 0 Å². The number of carbonyl (C=O) groups excluding carboxylic acids is 2. The predicted molar refractivity (Wildman–Crippen MR) is 124 cm³/mol. The number of rotatable bonds is 5. The number of nitrogens with one attached hydrogen (secondary N) is 1. The lowest BCUT2D eigenvalue weighted by molar-refractivity contribution is -0.313. The summed E-state index contributed by atoms with van der Waals surface area (Å²) in [5.74, 6) is -4.17. The highest BCUT2D eigenvalue weighted by Gasteiger charge is 2.42. The van der Waals surface area contributed by atoms with Gasteiger partial charge in [-0.2, -0.15) is 0 Å². The van der Waals surface area contributed by atoms with Crippen LogP contribution in [0.3, 0.4) is 0 Å². The zero-order valence-electron chi connectivity index (χ0n) is 18.2. The van der Waals surface area contributed by atoms with E-state index in [-0.39, 0.29) is 11.8 Å². The van der Waals surface area contributed by atoms with Gasteiger partial charge in [-0.05, 0) is 48.2 Å². The molecule has 4 atom stereocenters. The minimum Gasteiger partial charge on any atom is -0.550 e. The third-order valence-corrected chi connectivity index (χ3v) is 6.40. The highest BCUT2D eigenvalue weighted by Crippen LogP contribution is 2.44. The summed E-state index contributed by atoms with van der Waals surface area (Å²) in [6.07, 6.45) is 3.88. The number of carboxylic acids is 1. The summed E-state index contributed by atoms with van der Waals surface area (Å²) >= 11 is 0. The molecule has 0 saturated carbocycles. The summed E-state index contributed by atoms with van der Waals surface area (Å²) in [5, 5.41) is 15.4. The second-order valence-corrected chi connectivity index (χ2v) is 8.42. The molecule has 1 amide bonds. The van der Waals surface area contributed by atoms with Gasteiger partial charge >= 0.3 is 0 Å². The number of anilines is 1. The van der Waals surface area contributed by atoms with Crippen LogP contribution in [0, 0.1) is 25.7 Å². The first-order valence-corrected chi connectivity index (χ1v) is 10.8. The number of carboxylic acid groups (broad SMARTS) is 1. The molecular formula is C28H26NO3-. The molecule has 0 heterocycles. The molecule has 0 unspecified atom stereocenters. The predicted octanol–water partition coefficient (Wildman–Crippen LogP) is 4.36. The summed E-state index contributed by atoms with van der Waals surface area (Å²) < 4.78 is 0. The Labute approximate surface area is 188 Å². The van der Waals surface area contributed by atoms with Crippen molar-refractivity contribution >= 4 is 17.6 Å². The van der Waals surface area contributed by atoms with Crippen LogP contribution in [-0.2, 0) is 9.59 Å². The Morgan fingerprint density at radius 3 is 1.75 bits per heavy atom. The first kappa shape index (κ1) is 21.6. The zero-order chi connectivity index (χ0) is 22.7. The standard InChI is InChI=1S/C28H27NO3/c1-18-13-14-22(17-19(18)2)29-27(30)25-23(20-9-5-3-6-10-20)15-16-24(26(25)28(31)32)21-11-7-4-8-12-21/h3-17,23-26H,1-2H3,(H,29,30)(H,31,32)/p-1/t23-,24+,25-,26-/m0/s1. The molecule has 0 spiro atoms. The van der Waals surface area contributed by atoms with Crippen LogP contribution >= 0.6 is 0 Å². The molecule has 1 aliphatic carbocycles. The van der Waals surface area contributed by atoms with E-state index in [0.717, 1.165) is 22.3 Å². The van der Waals surface area contributed by atoms with Gasteiger partial charge in [0.25, 0.3) is 0 Å². The average Bonchev–Trinajstić information content (AvgIpc) is 2.81. The molecule has 1 N–H and O–H groups in total. The lowest BCUT2D eigenvalue weighted by atomic mass is 9.66. The topological polar surface area (TPSA) is 69.2 Å². The van der Waals surface area contributed by atoms with Gasteiger partial charge in [0, 0.05) is 29.4 Å². The van der Waals surface area contributed by atoms with E-state index in [1.165, 1.54) is 0 Å². The summed E-state index contributed by atoms with van der Waals surface area (Å²) in [5.41, 5.74) is 4.61. The Kier molecular flexibility index (Phi) is 6.22. The lowest BCUT2D eigenvalue weighted by Gasteiger charge is -2.40. The Hall–Kier alpha value is -3.66. The minimum absolute atomic E-state index is 0.318. The molecule has 3 aromatic carbocycles. The summed E-state index contributed by atoms with van der Waals surface area (Å²) in [7, 11) is 0. The normalized spacial score (nSPS) is 22.3. The van der Waals surface area contributed by atoms with Gasteiger partial charge in [-0.25, -0.2) is 0 Å². The molecule has 0 bridgehead atoms. The first-order valence-electron chi connectivity index (χ1n) is 10.8. The molecule has 0 aliphatic heterocycles. The van der Waals surface area contributed by atoms with Gasteiger partial charge in [-0.3, -0.25) is 4.79 Å². The smallest absolute Gasteiger partial charge is 0.229 e. The molecular weight excluding hydrogens is 398 g/mol. The van der Waals surface area contributed by atoms with Gasteiger partial charge in [0.1, 0.15) is 0 Å². The van der Waals surface area contributed by atoms with Crippen molar-refractivity contribution in [3.05, 3.63) is 113 Å². The van der Waals surface area contributed by atoms with Gasteiger partial charge in [0.2, 0.25) is 5.91 Å². The van der Waals surface area contributed by atoms with Crippen LogP contribution in [0.2, 0.25) is 0 Å². The van der Waals surface area contributed by atoms with E-state index >= 15 is 0 Å². The second-order valence-electron chi connectivity index (χ2n) is 8.42. The fourth-order valence-electron chi connectivity index (χ4n) is 4.58. The van der Waals surface area contributed by atoms with Gasteiger partial charge in [0.05, 0.1) is 5.92 Å². The van der Waals surface area contributed by atoms with E-state index in [2.05, 4.69) is 5.32 Å². The van der Waals surface area contributed by atoms with Crippen molar-refractivity contribution in [1.29, 1.82) is 0 Å². The van der Waals surface area contributed by atoms with Crippen molar-refractivity contribution in [2.75, 3.05) is 5.32 Å². The van der Waals surface area contributed by atoms with Crippen molar-refractivity contribution in [2.24, 2.45) is 11.8 Å². The number of hydrogen-bond acceptors (Lipinski definition) is 3. The Morgan fingerprint density at radius 1 is 0.719 bits per heavy atom. The fourth-order valence-corrected chi connectivity index (χ4v) is 4.58. The second kappa shape index (κ2) is 9.23. The largest absolute Gasteiger partial charge is 0.550 e. The lowest BCUT2D eigenvalue weighted by Crippen LogP contribution is -2.47. The van der Waals surface area contributed by atoms with Crippen molar-refractivity contribution in [1.82, 2.24) is 0 Å². The molecule has 4 rings (SSSR count). The van der Waals surface area contributed by atoms with Gasteiger partial charge in [-0.15, -0.1) is 0 Å². The summed E-state index contributed by atoms with van der Waals surface area (Å²) in [6.45, 7) is 3.99. The molecule has 0 saturated heterocycles. The molecule has 4 nitrogen and oxygen atoms in total. The van der Waals surface area contributed by atoms with Gasteiger partial charge < -0.3 is 15.2 Å². The van der Waals surface area contributed by atoms with E-state index in [9.17, 15) is 14.7 Å². The maximum Gasteiger partial charge on any atom is 0.229 e. The van der Waals surface area contributed by atoms with Crippen LogP contribution in [0.25, 0.3) is 0 Å². The molecule has 162 valence electrons. The first-order chi connectivity index (χ1) is 15.5. The molecule has 0 aromatic heterocycles. The van der Waals surface area contributed by atoms with Crippen LogP contribution in [0.15, 0.2) is 91.0 Å². The fraction of sp³-hybridized carbons (Fsp3) is 0.214. The number of benzene rings is 3. The van der Waals surface area contributed by atoms with Crippen LogP contribution in [0.4, 0.5) is 5.69 Å². The van der Waals surface area contributed by atoms with Crippen LogP contribution in [-0.4, -0.2) is 11.9 Å². The number of amides is 1. The monoisotopic (exact) mass is 424 g/mol. The van der Waals surface area contributed by atoms with Crippen molar-refractivity contribution < 1.29 is 14.7 Å². The van der Waals surface area contributed by atoms with Crippen molar-refractivity contribution in [3.63, 3.8) is 0 Å². The Balaban J connectivity index is 1.77. The molecule has 0 fully saturated rings. The van der Waals surface area contributed by atoms with E-state index < -0.39 is 23.7 Å². The average molecular weight is 425 g/mol. The molecule has 1 aliphatic rings. The number of carbonyl (C=O) groups is 2. The van der Waals surface area contributed by atoms with Gasteiger partial charge in [0.15, 0.2) is 0 Å². The molecule has 32 heavy (non-hydrogen) atoms. The number of aryl methyl sites for hydroxylation is 2. The van der Waals surface area contributed by atoms with Gasteiger partial charge in [-0.1, -0.05) is 78.9 Å². The number of aliphatic carboxylic acids is 1. The van der Waals surface area contributed by atoms with E-state index in [0.29, 0.717) is 5.69 Å². The summed E-state index contributed by atoms with van der Waals surface area (Å²) in [6, 6.07) is 24.7. The molecule has 3 aromatic rings. The minimum atomic E-state index is -1.22. The van der Waals surface area contributed by atoms with E-state index in [4.69, 9.17) is 0 Å². The van der Waals surface area contributed by atoms with Crippen molar-refractivity contribution in [2.45, 2.75) is 25.7 Å². The van der Waals surface area contributed by atoms with E-state index in [1.807, 2.05) is 105 Å². The van der Waals surface area contributed by atoms with E-state index in [1.54, 1.807) is 0 Å². The molecule has 4 heteroatoms. The highest BCUT2D eigenvalue weighted by molar-refractivity contribution is 5.96. The van der Waals surface area contributed by atoms with Crippen LogP contribution in [0.5, 0.6) is 0 Å². The third-order valence-electron chi connectivity index (χ3n) is 6.40. The quantitative estimate of drug-likeness (QED) is 0.619. The summed E-state index contributed by atoms with van der Waals surface area (Å²) in [4.78, 5) is 26.1. The number of allylic oxidation sites excluding steroid dienone is 2. The highest BCUT2D eigenvalue weighted by atomic mass is 16.4. The third kappa shape index (κ3) is 4.35. The Morgan fingerprint density at radius 2 is 1.25 bits per heavy atom.